The molecule has 1 aromatic heterocycles. The molecule has 0 saturated heterocycles. The first-order valence-electron chi connectivity index (χ1n) is 16.8. The van der Waals surface area contributed by atoms with E-state index in [1.165, 1.54) is 21.8 Å². The van der Waals surface area contributed by atoms with E-state index in [1.807, 2.05) is 36.4 Å². The number of ether oxygens (including phenoxy) is 2. The molecule has 6 aromatic carbocycles. The third-order valence-electron chi connectivity index (χ3n) is 9.24. The summed E-state index contributed by atoms with van der Waals surface area (Å²) in [6.07, 6.45) is 3.74. The summed E-state index contributed by atoms with van der Waals surface area (Å²) in [5.74, 6) is 1.64. The van der Waals surface area contributed by atoms with Crippen LogP contribution in [0.3, 0.4) is 0 Å². The van der Waals surface area contributed by atoms with Crippen LogP contribution in [-0.2, 0) is 0 Å². The van der Waals surface area contributed by atoms with Crippen molar-refractivity contribution in [3.63, 3.8) is 0 Å². The van der Waals surface area contributed by atoms with Gasteiger partial charge in [-0.2, -0.15) is 0 Å². The Morgan fingerprint density at radius 3 is 1.10 bits per heavy atom. The highest BCUT2D eigenvalue weighted by atomic mass is 16.5. The molecule has 0 bridgehead atoms. The molecule has 0 saturated carbocycles. The zero-order valence-electron chi connectivity index (χ0n) is 29.0. The first-order chi connectivity index (χ1) is 24.4. The van der Waals surface area contributed by atoms with Crippen LogP contribution >= 0.6 is 0 Å². The molecule has 0 atom stereocenters. The number of nitrogens with zero attached hydrogens (tertiary/aromatic N) is 3. The molecular weight excluding hydrogens is 615 g/mol. The summed E-state index contributed by atoms with van der Waals surface area (Å²) in [4.78, 5) is 4.58. The molecule has 0 aliphatic rings. The van der Waals surface area contributed by atoms with Crippen molar-refractivity contribution in [2.45, 2.75) is 19.9 Å². The molecule has 0 radical (unpaired) electrons. The van der Waals surface area contributed by atoms with Crippen molar-refractivity contribution in [2.75, 3.05) is 24.0 Å². The Kier molecular flexibility index (Phi) is 8.88. The number of methoxy groups -OCH3 is 2. The second-order valence-electron chi connectivity index (χ2n) is 12.5. The molecule has 1 heterocycles. The second kappa shape index (κ2) is 13.7. The highest BCUT2D eigenvalue weighted by molar-refractivity contribution is 6.11. The van der Waals surface area contributed by atoms with E-state index >= 15 is 0 Å². The minimum absolute atomic E-state index is 0.264. The van der Waals surface area contributed by atoms with Crippen LogP contribution in [0.15, 0.2) is 147 Å². The zero-order valence-corrected chi connectivity index (χ0v) is 29.0. The smallest absolute Gasteiger partial charge is 0.119 e. The van der Waals surface area contributed by atoms with Gasteiger partial charge in [0.2, 0.25) is 0 Å². The Labute approximate surface area is 294 Å². The molecule has 0 fully saturated rings. The van der Waals surface area contributed by atoms with Gasteiger partial charge in [0.05, 0.1) is 14.2 Å². The molecule has 50 heavy (non-hydrogen) atoms. The molecular formula is C45H41N3O2. The van der Waals surface area contributed by atoms with E-state index in [-0.39, 0.29) is 6.04 Å². The molecule has 0 amide bonds. The molecule has 248 valence electrons. The lowest BCUT2D eigenvalue weighted by Gasteiger charge is -2.26. The van der Waals surface area contributed by atoms with E-state index in [0.29, 0.717) is 0 Å². The van der Waals surface area contributed by atoms with Gasteiger partial charge in [-0.3, -0.25) is 0 Å². The average molecular weight is 656 g/mol. The summed E-state index contributed by atoms with van der Waals surface area (Å²) in [5, 5.41) is 2.37. The monoisotopic (exact) mass is 655 g/mol. The van der Waals surface area contributed by atoms with Gasteiger partial charge < -0.3 is 23.8 Å². The van der Waals surface area contributed by atoms with Gasteiger partial charge in [0, 0.05) is 62.0 Å². The minimum Gasteiger partial charge on any atom is -0.497 e. The lowest BCUT2D eigenvalue weighted by molar-refractivity contribution is 0.414. The van der Waals surface area contributed by atoms with Gasteiger partial charge in [0.25, 0.3) is 0 Å². The number of hydrogen-bond acceptors (Lipinski definition) is 4. The topological polar surface area (TPSA) is 29.9 Å². The second-order valence-corrected chi connectivity index (χ2v) is 12.5. The highest BCUT2D eigenvalue weighted by Crippen LogP contribution is 2.43. The van der Waals surface area contributed by atoms with Crippen LogP contribution in [0.2, 0.25) is 0 Å². The molecule has 0 N–H and O–H groups in total. The standard InChI is InChI=1S/C45H41N3O2/c1-7-32-9-13-34(14-10-32)47(36-17-23-40(49-5)24-18-36)38-21-27-44-42(29-38)43-30-39(22-28-45(43)46(44)31(3)4)48(35-15-11-33(8-2)12-16-35)37-19-25-41(50-6)26-20-37/h7-31H,1-2H2,3-6H3. The van der Waals surface area contributed by atoms with Crippen LogP contribution < -0.4 is 19.3 Å². The summed E-state index contributed by atoms with van der Waals surface area (Å²) in [7, 11) is 3.39. The van der Waals surface area contributed by atoms with Crippen molar-refractivity contribution in [3.8, 4) is 11.5 Å². The van der Waals surface area contributed by atoms with Crippen LogP contribution in [0.4, 0.5) is 34.1 Å². The molecule has 7 aromatic rings. The number of anilines is 6. The van der Waals surface area contributed by atoms with Gasteiger partial charge in [0.15, 0.2) is 0 Å². The Hall–Kier alpha value is -6.20. The van der Waals surface area contributed by atoms with E-state index in [4.69, 9.17) is 9.47 Å². The lowest BCUT2D eigenvalue weighted by Crippen LogP contribution is -2.10. The Morgan fingerprint density at radius 2 is 0.800 bits per heavy atom. The summed E-state index contributed by atoms with van der Waals surface area (Å²) >= 11 is 0. The van der Waals surface area contributed by atoms with E-state index in [0.717, 1.165) is 56.8 Å². The van der Waals surface area contributed by atoms with E-state index in [2.05, 4.69) is 151 Å². The van der Waals surface area contributed by atoms with Gasteiger partial charge in [-0.1, -0.05) is 49.6 Å². The zero-order chi connectivity index (χ0) is 34.8. The third-order valence-corrected chi connectivity index (χ3v) is 9.24. The van der Waals surface area contributed by atoms with Crippen LogP contribution in [0.5, 0.6) is 11.5 Å². The normalized spacial score (nSPS) is 11.1. The van der Waals surface area contributed by atoms with Crippen molar-refractivity contribution < 1.29 is 9.47 Å². The fourth-order valence-electron chi connectivity index (χ4n) is 6.74. The summed E-state index contributed by atoms with van der Waals surface area (Å²) < 4.78 is 13.4. The van der Waals surface area contributed by atoms with Crippen molar-refractivity contribution >= 4 is 68.1 Å². The van der Waals surface area contributed by atoms with Crippen molar-refractivity contribution in [3.05, 3.63) is 158 Å². The van der Waals surface area contributed by atoms with E-state index in [1.54, 1.807) is 14.2 Å². The van der Waals surface area contributed by atoms with Gasteiger partial charge >= 0.3 is 0 Å². The third kappa shape index (κ3) is 5.99. The molecule has 7 rings (SSSR count). The van der Waals surface area contributed by atoms with Gasteiger partial charge in [-0.25, -0.2) is 0 Å². The van der Waals surface area contributed by atoms with Crippen molar-refractivity contribution in [1.82, 2.24) is 4.57 Å². The van der Waals surface area contributed by atoms with Crippen molar-refractivity contribution in [2.24, 2.45) is 0 Å². The number of hydrogen-bond donors (Lipinski definition) is 0. The fourth-order valence-corrected chi connectivity index (χ4v) is 6.74. The van der Waals surface area contributed by atoms with Gasteiger partial charge in [-0.05, 0) is 134 Å². The van der Waals surface area contributed by atoms with E-state index in [9.17, 15) is 0 Å². The maximum atomic E-state index is 5.49. The predicted molar refractivity (Wildman–Crippen MR) is 212 cm³/mol. The van der Waals surface area contributed by atoms with Gasteiger partial charge in [-0.15, -0.1) is 0 Å². The SMILES string of the molecule is C=Cc1ccc(N(c2ccc(OC)cc2)c2ccc3c(c2)c2cc(N(c4ccc(C=C)cc4)c4ccc(OC)cc4)ccc2n3C(C)C)cc1. The molecule has 5 nitrogen and oxygen atoms in total. The van der Waals surface area contributed by atoms with Crippen molar-refractivity contribution in [1.29, 1.82) is 0 Å². The quantitative estimate of drug-likeness (QED) is 0.139. The maximum Gasteiger partial charge on any atom is 0.119 e. The highest BCUT2D eigenvalue weighted by Gasteiger charge is 2.20. The maximum absolute atomic E-state index is 5.49. The summed E-state index contributed by atoms with van der Waals surface area (Å²) in [6.45, 7) is 12.4. The first-order valence-corrected chi connectivity index (χ1v) is 16.8. The average Bonchev–Trinajstić information content (AvgIpc) is 3.49. The minimum atomic E-state index is 0.264. The predicted octanol–water partition coefficient (Wildman–Crippen LogP) is 12.6. The first kappa shape index (κ1) is 32.4. The fraction of sp³-hybridized carbons (Fsp3) is 0.111. The molecule has 0 aliphatic heterocycles. The summed E-state index contributed by atoms with van der Waals surface area (Å²) in [6, 6.07) is 47.3. The molecule has 0 spiro atoms. The van der Waals surface area contributed by atoms with Crippen LogP contribution in [0.1, 0.15) is 31.0 Å². The Morgan fingerprint density at radius 1 is 0.480 bits per heavy atom. The van der Waals surface area contributed by atoms with Crippen LogP contribution in [0, 0.1) is 0 Å². The molecule has 5 heteroatoms. The molecule has 0 unspecified atom stereocenters. The Balaban J connectivity index is 1.44. The van der Waals surface area contributed by atoms with Crippen LogP contribution in [-0.4, -0.2) is 18.8 Å². The molecule has 0 aliphatic carbocycles. The number of rotatable bonds is 11. The Bertz CT molecular complexity index is 2120. The summed E-state index contributed by atoms with van der Waals surface area (Å²) in [5.41, 5.74) is 10.9. The number of aromatic nitrogens is 1. The largest absolute Gasteiger partial charge is 0.497 e. The number of benzene rings is 6. The van der Waals surface area contributed by atoms with E-state index < -0.39 is 0 Å². The van der Waals surface area contributed by atoms with Crippen LogP contribution in [0.25, 0.3) is 34.0 Å². The lowest BCUT2D eigenvalue weighted by atomic mass is 10.1. The van der Waals surface area contributed by atoms with Gasteiger partial charge in [0.1, 0.15) is 11.5 Å². The number of fused-ring (bicyclic) bond motifs is 3.